The van der Waals surface area contributed by atoms with E-state index in [1.807, 2.05) is 48.5 Å². The molecule has 2 aromatic carbocycles. The van der Waals surface area contributed by atoms with Crippen LogP contribution in [0.2, 0.25) is 0 Å². The predicted molar refractivity (Wildman–Crippen MR) is 99.4 cm³/mol. The summed E-state index contributed by atoms with van der Waals surface area (Å²) in [6.07, 6.45) is 4.39. The molecule has 2 heterocycles. The fourth-order valence-electron chi connectivity index (χ4n) is 5.22. The Labute approximate surface area is 158 Å². The summed E-state index contributed by atoms with van der Waals surface area (Å²) < 4.78 is 11.2. The highest BCUT2D eigenvalue weighted by Crippen LogP contribution is 2.47. The molecule has 2 aliphatic heterocycles. The van der Waals surface area contributed by atoms with Gasteiger partial charge in [-0.05, 0) is 60.8 Å². The Morgan fingerprint density at radius 1 is 0.667 bits per heavy atom. The minimum absolute atomic E-state index is 0.143. The molecule has 3 aliphatic rings. The van der Waals surface area contributed by atoms with Crippen LogP contribution in [0.3, 0.4) is 0 Å². The standard InChI is InChI=1S/C23H22O4/c24-22-18(12-14-6-1-3-10-20(14)26-22)16-8-5-9-17(16)19-13-15-7-2-4-11-21(15)27-23(19)25/h1-4,6-7,10-11,16-19H,5,8-9,12-13H2. The van der Waals surface area contributed by atoms with Gasteiger partial charge in [-0.3, -0.25) is 9.59 Å². The summed E-state index contributed by atoms with van der Waals surface area (Å²) >= 11 is 0. The first-order chi connectivity index (χ1) is 13.2. The van der Waals surface area contributed by atoms with E-state index in [9.17, 15) is 9.59 Å². The molecule has 1 aliphatic carbocycles. The van der Waals surface area contributed by atoms with Crippen molar-refractivity contribution in [2.75, 3.05) is 0 Å². The summed E-state index contributed by atoms with van der Waals surface area (Å²) in [4.78, 5) is 25.4. The topological polar surface area (TPSA) is 52.6 Å². The number of hydrogen-bond acceptors (Lipinski definition) is 4. The fourth-order valence-corrected chi connectivity index (χ4v) is 5.22. The molecule has 0 radical (unpaired) electrons. The van der Waals surface area contributed by atoms with Crippen LogP contribution in [0.15, 0.2) is 48.5 Å². The van der Waals surface area contributed by atoms with Gasteiger partial charge in [0, 0.05) is 0 Å². The minimum atomic E-state index is -0.169. The maximum absolute atomic E-state index is 12.7. The summed E-state index contributed by atoms with van der Waals surface area (Å²) in [6, 6.07) is 15.5. The van der Waals surface area contributed by atoms with Crippen molar-refractivity contribution in [1.29, 1.82) is 0 Å². The number of rotatable bonds is 2. The van der Waals surface area contributed by atoms with E-state index in [2.05, 4.69) is 0 Å². The second-order valence-electron chi connectivity index (χ2n) is 7.94. The molecule has 138 valence electrons. The van der Waals surface area contributed by atoms with Crippen LogP contribution in [0.4, 0.5) is 0 Å². The van der Waals surface area contributed by atoms with Crippen LogP contribution in [0, 0.1) is 23.7 Å². The average molecular weight is 362 g/mol. The van der Waals surface area contributed by atoms with Crippen LogP contribution in [0.1, 0.15) is 30.4 Å². The maximum atomic E-state index is 12.7. The summed E-state index contributed by atoms with van der Waals surface area (Å²) in [5.74, 6) is 1.08. The summed E-state index contributed by atoms with van der Waals surface area (Å²) in [5, 5.41) is 0. The Kier molecular flexibility index (Phi) is 4.00. The van der Waals surface area contributed by atoms with E-state index in [1.54, 1.807) is 0 Å². The van der Waals surface area contributed by atoms with E-state index in [4.69, 9.17) is 9.47 Å². The number of carbonyl (C=O) groups is 2. The second-order valence-corrected chi connectivity index (χ2v) is 7.94. The lowest BCUT2D eigenvalue weighted by Gasteiger charge is -2.35. The lowest BCUT2D eigenvalue weighted by molar-refractivity contribution is -0.147. The van der Waals surface area contributed by atoms with Crippen molar-refractivity contribution in [2.24, 2.45) is 23.7 Å². The molecular formula is C23H22O4. The van der Waals surface area contributed by atoms with Gasteiger partial charge in [-0.15, -0.1) is 0 Å². The van der Waals surface area contributed by atoms with Crippen molar-refractivity contribution in [2.45, 2.75) is 32.1 Å². The quantitative estimate of drug-likeness (QED) is 0.599. The van der Waals surface area contributed by atoms with Gasteiger partial charge in [-0.1, -0.05) is 42.8 Å². The lowest BCUT2D eigenvalue weighted by Crippen LogP contribution is -2.41. The summed E-state index contributed by atoms with van der Waals surface area (Å²) in [7, 11) is 0. The molecule has 5 rings (SSSR count). The zero-order valence-electron chi connectivity index (χ0n) is 15.1. The molecule has 0 saturated heterocycles. The summed E-state index contributed by atoms with van der Waals surface area (Å²) in [6.45, 7) is 0. The van der Waals surface area contributed by atoms with Crippen molar-refractivity contribution in [3.8, 4) is 11.5 Å². The number of para-hydroxylation sites is 2. The van der Waals surface area contributed by atoms with Gasteiger partial charge < -0.3 is 9.47 Å². The minimum Gasteiger partial charge on any atom is -0.426 e. The average Bonchev–Trinajstić information content (AvgIpc) is 3.16. The number of esters is 2. The fraction of sp³-hybridized carbons (Fsp3) is 0.391. The van der Waals surface area contributed by atoms with E-state index >= 15 is 0 Å². The second kappa shape index (κ2) is 6.52. The van der Waals surface area contributed by atoms with Crippen LogP contribution in [-0.2, 0) is 22.4 Å². The van der Waals surface area contributed by atoms with Crippen molar-refractivity contribution in [3.63, 3.8) is 0 Å². The normalized spacial score (nSPS) is 29.5. The number of carbonyl (C=O) groups excluding carboxylic acids is 2. The zero-order chi connectivity index (χ0) is 18.4. The molecule has 0 amide bonds. The molecule has 0 spiro atoms. The Balaban J connectivity index is 1.41. The van der Waals surface area contributed by atoms with E-state index in [0.29, 0.717) is 24.3 Å². The molecule has 4 nitrogen and oxygen atoms in total. The van der Waals surface area contributed by atoms with Gasteiger partial charge in [-0.2, -0.15) is 0 Å². The number of hydrogen-bond donors (Lipinski definition) is 0. The Hall–Kier alpha value is -2.62. The van der Waals surface area contributed by atoms with Crippen LogP contribution in [0.25, 0.3) is 0 Å². The van der Waals surface area contributed by atoms with Crippen molar-refractivity contribution in [3.05, 3.63) is 59.7 Å². The third kappa shape index (κ3) is 2.84. The zero-order valence-corrected chi connectivity index (χ0v) is 15.1. The first-order valence-electron chi connectivity index (χ1n) is 9.80. The van der Waals surface area contributed by atoms with E-state index < -0.39 is 0 Å². The molecule has 27 heavy (non-hydrogen) atoms. The number of benzene rings is 2. The van der Waals surface area contributed by atoms with E-state index in [0.717, 1.165) is 30.4 Å². The van der Waals surface area contributed by atoms with Crippen molar-refractivity contribution >= 4 is 11.9 Å². The Morgan fingerprint density at radius 2 is 1.11 bits per heavy atom. The highest BCUT2D eigenvalue weighted by Gasteiger charge is 2.47. The highest BCUT2D eigenvalue weighted by atomic mass is 16.5. The lowest BCUT2D eigenvalue weighted by atomic mass is 9.72. The van der Waals surface area contributed by atoms with Crippen LogP contribution in [-0.4, -0.2) is 11.9 Å². The largest absolute Gasteiger partial charge is 0.426 e. The molecule has 0 bridgehead atoms. The third-order valence-electron chi connectivity index (χ3n) is 6.51. The molecule has 4 unspecified atom stereocenters. The number of fused-ring (bicyclic) bond motifs is 2. The molecule has 4 heteroatoms. The molecule has 1 saturated carbocycles. The smallest absolute Gasteiger partial charge is 0.314 e. The van der Waals surface area contributed by atoms with Crippen LogP contribution < -0.4 is 9.47 Å². The SMILES string of the molecule is O=C1Oc2ccccc2CC1C1CCCC1C1Cc2ccccc2OC1=O. The van der Waals surface area contributed by atoms with Gasteiger partial charge in [-0.25, -0.2) is 0 Å². The van der Waals surface area contributed by atoms with Gasteiger partial charge in [0.1, 0.15) is 11.5 Å². The Morgan fingerprint density at radius 3 is 1.59 bits per heavy atom. The van der Waals surface area contributed by atoms with Crippen molar-refractivity contribution < 1.29 is 19.1 Å². The first-order valence-corrected chi connectivity index (χ1v) is 9.80. The van der Waals surface area contributed by atoms with E-state index in [-0.39, 0.29) is 35.6 Å². The molecule has 0 aromatic heterocycles. The van der Waals surface area contributed by atoms with Crippen molar-refractivity contribution in [1.82, 2.24) is 0 Å². The molecular weight excluding hydrogens is 340 g/mol. The van der Waals surface area contributed by atoms with Gasteiger partial charge in [0.25, 0.3) is 0 Å². The van der Waals surface area contributed by atoms with Crippen LogP contribution >= 0.6 is 0 Å². The predicted octanol–water partition coefficient (Wildman–Crippen LogP) is 3.96. The van der Waals surface area contributed by atoms with Gasteiger partial charge in [0.2, 0.25) is 0 Å². The molecule has 4 atom stereocenters. The molecule has 0 N–H and O–H groups in total. The van der Waals surface area contributed by atoms with Gasteiger partial charge in [0.05, 0.1) is 11.8 Å². The monoisotopic (exact) mass is 362 g/mol. The molecule has 1 fully saturated rings. The van der Waals surface area contributed by atoms with E-state index in [1.165, 1.54) is 0 Å². The van der Waals surface area contributed by atoms with Crippen LogP contribution in [0.5, 0.6) is 11.5 Å². The Bertz CT molecular complexity index is 829. The third-order valence-corrected chi connectivity index (χ3v) is 6.51. The first kappa shape index (κ1) is 16.5. The van der Waals surface area contributed by atoms with Gasteiger partial charge in [0.15, 0.2) is 0 Å². The highest BCUT2D eigenvalue weighted by molar-refractivity contribution is 5.80. The molecule has 2 aromatic rings. The van der Waals surface area contributed by atoms with Gasteiger partial charge >= 0.3 is 11.9 Å². The summed E-state index contributed by atoms with van der Waals surface area (Å²) in [5.41, 5.74) is 2.17. The maximum Gasteiger partial charge on any atom is 0.314 e. The number of ether oxygens (including phenoxy) is 2.